The van der Waals surface area contributed by atoms with Gasteiger partial charge in [-0.3, -0.25) is 0 Å². The van der Waals surface area contributed by atoms with Crippen LogP contribution in [0.25, 0.3) is 22.3 Å². The van der Waals surface area contributed by atoms with Gasteiger partial charge in [0.2, 0.25) is 0 Å². The zero-order valence-corrected chi connectivity index (χ0v) is 25.0. The molecule has 0 atom stereocenters. The summed E-state index contributed by atoms with van der Waals surface area (Å²) < 4.78 is 15.4. The van der Waals surface area contributed by atoms with Crippen LogP contribution in [0.5, 0.6) is 11.5 Å². The van der Waals surface area contributed by atoms with E-state index in [-0.39, 0.29) is 17.8 Å². The van der Waals surface area contributed by atoms with Crippen molar-refractivity contribution < 1.29 is 25.3 Å². The number of benzene rings is 4. The molecule has 0 fully saturated rings. The SMILES string of the molecule is CC1=C(C)C(C)(C)[C]([Ti]([O]c2ccccc2-c2ccccc2)[O]c2ccccc2-c2ccccc2)=C1C.Cl. The second-order valence-corrected chi connectivity index (χ2v) is 12.4. The monoisotopic (exact) mass is 557 g/mol. The molecule has 0 unspecified atom stereocenters. The van der Waals surface area contributed by atoms with E-state index in [1.165, 1.54) is 20.6 Å². The first-order valence-corrected chi connectivity index (χ1v) is 14.8. The summed E-state index contributed by atoms with van der Waals surface area (Å²) in [5.74, 6) is 1.75. The first-order chi connectivity index (χ1) is 17.9. The van der Waals surface area contributed by atoms with Crippen molar-refractivity contribution >= 4 is 12.4 Å². The molecule has 4 aromatic rings. The number of allylic oxidation sites excluding steroid dienone is 4. The first-order valence-electron chi connectivity index (χ1n) is 12.8. The second kappa shape index (κ2) is 11.8. The molecule has 193 valence electrons. The number of para-hydroxylation sites is 2. The Kier molecular flexibility index (Phi) is 8.68. The van der Waals surface area contributed by atoms with Gasteiger partial charge in [0.05, 0.1) is 0 Å². The van der Waals surface area contributed by atoms with Gasteiger partial charge in [-0.15, -0.1) is 12.4 Å². The summed E-state index contributed by atoms with van der Waals surface area (Å²) in [5, 5.41) is 0. The van der Waals surface area contributed by atoms with Gasteiger partial charge in [-0.1, -0.05) is 0 Å². The van der Waals surface area contributed by atoms with Crippen LogP contribution in [0.4, 0.5) is 0 Å². The fraction of sp³-hybridized carbons (Fsp3) is 0.176. The van der Waals surface area contributed by atoms with E-state index in [0.29, 0.717) is 0 Å². The fourth-order valence-electron chi connectivity index (χ4n) is 5.15. The molecule has 0 aliphatic heterocycles. The van der Waals surface area contributed by atoms with E-state index < -0.39 is 18.6 Å². The maximum atomic E-state index is 7.04. The van der Waals surface area contributed by atoms with E-state index in [1.54, 1.807) is 0 Å². The standard InChI is InChI=1S/2C12H10O.C10H15.ClH.Ti/c2*13-12-9-5-4-8-11(12)10-6-2-1-3-7-10;1-7-6-10(4,5)9(3)8(7)2;;/h2*1-9,13H;1-5H3;1H;/q;;;;+2/p-2. The molecule has 4 aromatic carbocycles. The molecule has 0 heterocycles. The van der Waals surface area contributed by atoms with Gasteiger partial charge < -0.3 is 0 Å². The van der Waals surface area contributed by atoms with Crippen molar-refractivity contribution in [3.8, 4) is 33.8 Å². The number of rotatable bonds is 7. The number of halogens is 1. The molecule has 0 aromatic heterocycles. The van der Waals surface area contributed by atoms with Crippen LogP contribution in [0, 0.1) is 5.41 Å². The molecule has 0 spiro atoms. The molecule has 0 saturated carbocycles. The Bertz CT molecular complexity index is 1390. The van der Waals surface area contributed by atoms with Gasteiger partial charge in [0.25, 0.3) is 0 Å². The van der Waals surface area contributed by atoms with Crippen LogP contribution in [0.3, 0.4) is 0 Å². The summed E-state index contributed by atoms with van der Waals surface area (Å²) in [6.45, 7) is 11.3. The molecule has 5 rings (SSSR count). The van der Waals surface area contributed by atoms with Crippen LogP contribution in [0.15, 0.2) is 130 Å². The average molecular weight is 558 g/mol. The Balaban J connectivity index is 0.00000336. The minimum absolute atomic E-state index is 0. The topological polar surface area (TPSA) is 18.5 Å². The Morgan fingerprint density at radius 2 is 0.921 bits per heavy atom. The summed E-state index contributed by atoms with van der Waals surface area (Å²) in [6, 6.07) is 37.5. The molecule has 0 N–H and O–H groups in total. The molecule has 38 heavy (non-hydrogen) atoms. The molecule has 2 nitrogen and oxygen atoms in total. The van der Waals surface area contributed by atoms with Crippen molar-refractivity contribution in [3.05, 3.63) is 130 Å². The first kappa shape index (κ1) is 28.0. The third-order valence-corrected chi connectivity index (χ3v) is 11.1. The molecule has 0 saturated heterocycles. The Morgan fingerprint density at radius 3 is 1.32 bits per heavy atom. The molecule has 4 heteroatoms. The third-order valence-electron chi connectivity index (χ3n) is 7.62. The predicted octanol–water partition coefficient (Wildman–Crippen LogP) is 10.00. The van der Waals surface area contributed by atoms with Gasteiger partial charge in [-0.25, -0.2) is 0 Å². The Hall–Kier alpha value is -3.04. The van der Waals surface area contributed by atoms with Gasteiger partial charge in [0.1, 0.15) is 0 Å². The van der Waals surface area contributed by atoms with E-state index in [0.717, 1.165) is 33.8 Å². The van der Waals surface area contributed by atoms with Gasteiger partial charge in [-0.2, -0.15) is 0 Å². The molecule has 0 radical (unpaired) electrons. The van der Waals surface area contributed by atoms with Crippen LogP contribution in [-0.2, 0) is 18.6 Å². The van der Waals surface area contributed by atoms with Crippen molar-refractivity contribution in [2.75, 3.05) is 0 Å². The van der Waals surface area contributed by atoms with Crippen molar-refractivity contribution in [1.82, 2.24) is 0 Å². The maximum absolute atomic E-state index is 7.04. The van der Waals surface area contributed by atoms with Gasteiger partial charge in [-0.05, 0) is 0 Å². The summed E-state index contributed by atoms with van der Waals surface area (Å²) in [7, 11) is 0. The minimum Gasteiger partial charge on any atom is -0.147 e. The smallest absolute Gasteiger partial charge is 0.147 e. The second-order valence-electron chi connectivity index (χ2n) is 10.1. The van der Waals surface area contributed by atoms with Gasteiger partial charge in [0.15, 0.2) is 0 Å². The summed E-state index contributed by atoms with van der Waals surface area (Å²) in [5.41, 5.74) is 8.39. The van der Waals surface area contributed by atoms with Gasteiger partial charge >= 0.3 is 229 Å². The molecule has 1 aliphatic carbocycles. The van der Waals surface area contributed by atoms with Gasteiger partial charge in [0, 0.05) is 0 Å². The van der Waals surface area contributed by atoms with Crippen molar-refractivity contribution in [2.45, 2.75) is 34.6 Å². The van der Waals surface area contributed by atoms with E-state index in [9.17, 15) is 0 Å². The van der Waals surface area contributed by atoms with Crippen LogP contribution in [0.1, 0.15) is 34.6 Å². The zero-order valence-electron chi connectivity index (χ0n) is 22.6. The van der Waals surface area contributed by atoms with E-state index in [4.69, 9.17) is 6.64 Å². The molecule has 1 aliphatic rings. The summed E-state index contributed by atoms with van der Waals surface area (Å²) in [6.07, 6.45) is 0. The summed E-state index contributed by atoms with van der Waals surface area (Å²) in [4.78, 5) is 0. The Labute approximate surface area is 240 Å². The normalized spacial score (nSPS) is 14.2. The van der Waals surface area contributed by atoms with Crippen molar-refractivity contribution in [2.24, 2.45) is 5.41 Å². The van der Waals surface area contributed by atoms with Crippen LogP contribution in [-0.4, -0.2) is 0 Å². The zero-order chi connectivity index (χ0) is 26.0. The van der Waals surface area contributed by atoms with E-state index in [2.05, 4.69) is 120 Å². The third kappa shape index (κ3) is 5.40. The average Bonchev–Trinajstić information content (AvgIpc) is 3.08. The van der Waals surface area contributed by atoms with E-state index >= 15 is 0 Å². The molecular formula is C34H34ClO2Ti. The quantitative estimate of drug-likeness (QED) is 0.210. The van der Waals surface area contributed by atoms with E-state index in [1.807, 2.05) is 24.3 Å². The van der Waals surface area contributed by atoms with Crippen molar-refractivity contribution in [1.29, 1.82) is 0 Å². The molecule has 0 amide bonds. The van der Waals surface area contributed by atoms with Crippen LogP contribution < -0.4 is 6.64 Å². The summed E-state index contributed by atoms with van der Waals surface area (Å²) >= 11 is -2.84. The Morgan fingerprint density at radius 1 is 0.526 bits per heavy atom. The predicted molar refractivity (Wildman–Crippen MR) is 157 cm³/mol. The minimum atomic E-state index is -2.84. The number of hydrogen-bond acceptors (Lipinski definition) is 2. The van der Waals surface area contributed by atoms with Crippen LogP contribution >= 0.6 is 12.4 Å². The number of hydrogen-bond donors (Lipinski definition) is 0. The molecule has 0 bridgehead atoms. The molecular weight excluding hydrogens is 524 g/mol. The maximum Gasteiger partial charge on any atom is -0.147 e. The fourth-order valence-corrected chi connectivity index (χ4v) is 8.57. The van der Waals surface area contributed by atoms with Crippen LogP contribution in [0.2, 0.25) is 0 Å². The van der Waals surface area contributed by atoms with Crippen molar-refractivity contribution in [3.63, 3.8) is 0 Å². The largest absolute Gasteiger partial charge is 0.147 e.